The Labute approximate surface area is 136 Å². The number of halogens is 1. The number of unbranched alkanes of at least 4 members (excludes halogenated alkanes) is 7. The molecular weight excluding hydrogens is 332 g/mol. The summed E-state index contributed by atoms with van der Waals surface area (Å²) in [6, 6.07) is 2.55. The fourth-order valence-electron chi connectivity index (χ4n) is 2.45. The predicted molar refractivity (Wildman–Crippen MR) is 94.0 cm³/mol. The van der Waals surface area contributed by atoms with Crippen LogP contribution in [0.25, 0.3) is 0 Å². The Kier molecular flexibility index (Phi) is 9.78. The molecule has 116 valence electrons. The van der Waals surface area contributed by atoms with Crippen molar-refractivity contribution in [2.24, 2.45) is 5.84 Å². The minimum atomic E-state index is 0.310. The third-order valence-electron chi connectivity index (χ3n) is 3.77. The first-order valence-corrected chi connectivity index (χ1v) is 9.52. The van der Waals surface area contributed by atoms with E-state index >= 15 is 0 Å². The van der Waals surface area contributed by atoms with Crippen molar-refractivity contribution in [3.63, 3.8) is 0 Å². The normalized spacial score (nSPS) is 12.8. The first kappa shape index (κ1) is 18.1. The minimum Gasteiger partial charge on any atom is -0.271 e. The average Bonchev–Trinajstić information content (AvgIpc) is 2.77. The minimum absolute atomic E-state index is 0.310. The molecule has 1 aromatic rings. The monoisotopic (exact) mass is 360 g/mol. The number of aryl methyl sites for hydroxylation is 1. The molecule has 0 aliphatic carbocycles. The highest BCUT2D eigenvalue weighted by atomic mass is 79.9. The number of hydrogen-bond donors (Lipinski definition) is 2. The van der Waals surface area contributed by atoms with Gasteiger partial charge in [0.1, 0.15) is 0 Å². The Bertz CT molecular complexity index is 346. The van der Waals surface area contributed by atoms with E-state index in [9.17, 15) is 0 Å². The highest BCUT2D eigenvalue weighted by molar-refractivity contribution is 9.11. The fourth-order valence-corrected chi connectivity index (χ4v) is 4.11. The predicted octanol–water partition coefficient (Wildman–Crippen LogP) is 5.85. The Morgan fingerprint density at radius 1 is 1.15 bits per heavy atom. The Morgan fingerprint density at radius 2 is 1.75 bits per heavy atom. The van der Waals surface area contributed by atoms with Crippen molar-refractivity contribution in [1.82, 2.24) is 5.43 Å². The highest BCUT2D eigenvalue weighted by Gasteiger charge is 2.13. The van der Waals surface area contributed by atoms with Crippen LogP contribution in [0, 0.1) is 6.92 Å². The van der Waals surface area contributed by atoms with Crippen LogP contribution in [0.4, 0.5) is 0 Å². The molecule has 0 aromatic carbocycles. The molecule has 1 unspecified atom stereocenters. The summed E-state index contributed by atoms with van der Waals surface area (Å²) >= 11 is 5.39. The first-order chi connectivity index (χ1) is 9.69. The molecule has 1 aromatic heterocycles. The molecule has 1 atom stereocenters. The molecular formula is C16H29BrN2S. The summed E-state index contributed by atoms with van der Waals surface area (Å²) in [4.78, 5) is 1.35. The van der Waals surface area contributed by atoms with E-state index in [4.69, 9.17) is 5.84 Å². The van der Waals surface area contributed by atoms with E-state index in [1.165, 1.54) is 65.6 Å². The Hall–Kier alpha value is 0.1000. The topological polar surface area (TPSA) is 38.0 Å². The summed E-state index contributed by atoms with van der Waals surface area (Å²) in [5, 5.41) is 0. The number of hydrazine groups is 1. The van der Waals surface area contributed by atoms with Gasteiger partial charge in [0.2, 0.25) is 0 Å². The fraction of sp³-hybridized carbons (Fsp3) is 0.750. The van der Waals surface area contributed by atoms with Gasteiger partial charge in [0.15, 0.2) is 0 Å². The summed E-state index contributed by atoms with van der Waals surface area (Å²) in [6.45, 7) is 4.40. The Morgan fingerprint density at radius 3 is 2.25 bits per heavy atom. The van der Waals surface area contributed by atoms with Gasteiger partial charge >= 0.3 is 0 Å². The molecule has 0 aliphatic heterocycles. The van der Waals surface area contributed by atoms with Crippen LogP contribution in [0.5, 0.6) is 0 Å². The van der Waals surface area contributed by atoms with Crippen LogP contribution in [0.2, 0.25) is 0 Å². The second kappa shape index (κ2) is 10.8. The van der Waals surface area contributed by atoms with Gasteiger partial charge in [-0.15, -0.1) is 11.3 Å². The average molecular weight is 361 g/mol. The molecule has 0 radical (unpaired) electrons. The molecule has 4 heteroatoms. The van der Waals surface area contributed by atoms with Crippen LogP contribution in [-0.4, -0.2) is 0 Å². The lowest BCUT2D eigenvalue weighted by molar-refractivity contribution is 0.480. The van der Waals surface area contributed by atoms with E-state index < -0.39 is 0 Å². The maximum absolute atomic E-state index is 5.70. The zero-order valence-corrected chi connectivity index (χ0v) is 15.3. The van der Waals surface area contributed by atoms with Crippen LogP contribution >= 0.6 is 27.3 Å². The number of nitrogens with one attached hydrogen (secondary N) is 1. The third kappa shape index (κ3) is 6.70. The third-order valence-corrected chi connectivity index (χ3v) is 6.02. The van der Waals surface area contributed by atoms with Gasteiger partial charge in [-0.1, -0.05) is 58.3 Å². The quantitative estimate of drug-likeness (QED) is 0.295. The van der Waals surface area contributed by atoms with Crippen LogP contribution in [-0.2, 0) is 0 Å². The maximum atomic E-state index is 5.70. The summed E-state index contributed by atoms with van der Waals surface area (Å²) in [5.41, 5.74) is 4.27. The second-order valence-electron chi connectivity index (χ2n) is 5.59. The van der Waals surface area contributed by atoms with Crippen molar-refractivity contribution >= 4 is 27.3 Å². The van der Waals surface area contributed by atoms with E-state index in [0.29, 0.717) is 6.04 Å². The molecule has 0 saturated carbocycles. The van der Waals surface area contributed by atoms with Gasteiger partial charge in [0.05, 0.1) is 9.83 Å². The Balaban J connectivity index is 2.16. The van der Waals surface area contributed by atoms with Crippen LogP contribution in [0.1, 0.15) is 81.2 Å². The van der Waals surface area contributed by atoms with E-state index in [-0.39, 0.29) is 0 Å². The molecule has 20 heavy (non-hydrogen) atoms. The molecule has 3 N–H and O–H groups in total. The lowest BCUT2D eigenvalue weighted by atomic mass is 10.0. The van der Waals surface area contributed by atoms with E-state index in [2.05, 4.69) is 41.3 Å². The van der Waals surface area contributed by atoms with E-state index in [0.717, 1.165) is 6.42 Å². The lowest BCUT2D eigenvalue weighted by Gasteiger charge is -2.13. The summed E-state index contributed by atoms with van der Waals surface area (Å²) in [6.07, 6.45) is 12.0. The molecule has 1 rings (SSSR count). The van der Waals surface area contributed by atoms with Crippen LogP contribution < -0.4 is 11.3 Å². The van der Waals surface area contributed by atoms with Crippen molar-refractivity contribution in [2.45, 2.75) is 77.7 Å². The summed E-state index contributed by atoms with van der Waals surface area (Å²) in [7, 11) is 0. The standard InChI is InChI=1S/C16H29BrN2S/c1-3-4-5-6-7-8-9-10-11-14(19-18)15-12-13(2)16(17)20-15/h12,14,19H,3-11,18H2,1-2H3. The van der Waals surface area contributed by atoms with Crippen LogP contribution in [0.3, 0.4) is 0 Å². The van der Waals surface area contributed by atoms with Gasteiger partial charge in [-0.25, -0.2) is 0 Å². The van der Waals surface area contributed by atoms with Gasteiger partial charge in [-0.2, -0.15) is 0 Å². The van der Waals surface area contributed by atoms with Crippen molar-refractivity contribution in [2.75, 3.05) is 0 Å². The molecule has 0 bridgehead atoms. The van der Waals surface area contributed by atoms with Crippen molar-refractivity contribution in [3.8, 4) is 0 Å². The maximum Gasteiger partial charge on any atom is 0.0731 e. The SMILES string of the molecule is CCCCCCCCCCC(NN)c1cc(C)c(Br)s1. The van der Waals surface area contributed by atoms with E-state index in [1.54, 1.807) is 11.3 Å². The number of thiophene rings is 1. The number of hydrogen-bond acceptors (Lipinski definition) is 3. The molecule has 0 amide bonds. The van der Waals surface area contributed by atoms with Crippen molar-refractivity contribution < 1.29 is 0 Å². The molecule has 2 nitrogen and oxygen atoms in total. The zero-order valence-electron chi connectivity index (χ0n) is 12.9. The van der Waals surface area contributed by atoms with Crippen molar-refractivity contribution in [1.29, 1.82) is 0 Å². The van der Waals surface area contributed by atoms with E-state index in [1.807, 2.05) is 0 Å². The van der Waals surface area contributed by atoms with Crippen LogP contribution in [0.15, 0.2) is 9.85 Å². The lowest BCUT2D eigenvalue weighted by Crippen LogP contribution is -2.27. The largest absolute Gasteiger partial charge is 0.271 e. The summed E-state index contributed by atoms with van der Waals surface area (Å²) < 4.78 is 1.23. The zero-order chi connectivity index (χ0) is 14.8. The molecule has 0 saturated heterocycles. The highest BCUT2D eigenvalue weighted by Crippen LogP contribution is 2.33. The first-order valence-electron chi connectivity index (χ1n) is 7.91. The molecule has 0 aliphatic rings. The van der Waals surface area contributed by atoms with Gasteiger partial charge in [-0.3, -0.25) is 11.3 Å². The molecule has 0 fully saturated rings. The number of rotatable bonds is 11. The second-order valence-corrected chi connectivity index (χ2v) is 7.99. The van der Waals surface area contributed by atoms with Gasteiger partial charge < -0.3 is 0 Å². The van der Waals surface area contributed by atoms with Crippen molar-refractivity contribution in [3.05, 3.63) is 20.3 Å². The molecule has 0 spiro atoms. The molecule has 1 heterocycles. The smallest absolute Gasteiger partial charge is 0.0731 e. The summed E-state index contributed by atoms with van der Waals surface area (Å²) in [5.74, 6) is 5.70. The van der Waals surface area contributed by atoms with Gasteiger partial charge in [0, 0.05) is 4.88 Å². The van der Waals surface area contributed by atoms with Gasteiger partial charge in [-0.05, 0) is 40.9 Å². The van der Waals surface area contributed by atoms with Gasteiger partial charge in [0.25, 0.3) is 0 Å². The number of nitrogens with two attached hydrogens (primary N) is 1.